The molecule has 0 saturated carbocycles. The van der Waals surface area contributed by atoms with Crippen molar-refractivity contribution in [3.63, 3.8) is 0 Å². The maximum Gasteiger partial charge on any atom is 0.305 e. The summed E-state index contributed by atoms with van der Waals surface area (Å²) in [4.78, 5) is 20.7. The molecule has 0 fully saturated rings. The lowest BCUT2D eigenvalue weighted by molar-refractivity contribution is -0.137. The molecule has 0 spiro atoms. The molecule has 5 nitrogen and oxygen atoms in total. The van der Waals surface area contributed by atoms with Gasteiger partial charge in [-0.05, 0) is 24.1 Å². The molecule has 0 atom stereocenters. The van der Waals surface area contributed by atoms with E-state index >= 15 is 0 Å². The first-order chi connectivity index (χ1) is 8.08. The predicted octanol–water partition coefficient (Wildman–Crippen LogP) is 1.59. The Kier molecular flexibility index (Phi) is 5.00. The minimum Gasteiger partial charge on any atom is -0.481 e. The first-order valence-electron chi connectivity index (χ1n) is 5.34. The van der Waals surface area contributed by atoms with Crippen LogP contribution in [0.15, 0.2) is 24.3 Å². The summed E-state index contributed by atoms with van der Waals surface area (Å²) in [5.41, 5.74) is 1.79. The average Bonchev–Trinajstić information content (AvgIpc) is 2.27. The highest BCUT2D eigenvalue weighted by molar-refractivity contribution is 5.67. The van der Waals surface area contributed by atoms with E-state index in [1.54, 1.807) is 0 Å². The summed E-state index contributed by atoms with van der Waals surface area (Å²) in [5, 5.41) is 20.0. The molecule has 17 heavy (non-hydrogen) atoms. The molecule has 0 aliphatic rings. The Morgan fingerprint density at radius 2 is 1.59 bits per heavy atom. The quantitative estimate of drug-likeness (QED) is 0.670. The highest BCUT2D eigenvalue weighted by Gasteiger charge is 2.00. The Morgan fingerprint density at radius 3 is 2.12 bits per heavy atom. The molecule has 92 valence electrons. The Bertz CT molecular complexity index is 386. The SMILES string of the molecule is O=C(O)CCNc1ccc(CCC(=O)O)cc1. The van der Waals surface area contributed by atoms with Crippen molar-refractivity contribution in [1.29, 1.82) is 0 Å². The smallest absolute Gasteiger partial charge is 0.305 e. The number of carboxylic acids is 2. The van der Waals surface area contributed by atoms with Crippen molar-refractivity contribution in [2.75, 3.05) is 11.9 Å². The second kappa shape index (κ2) is 6.52. The van der Waals surface area contributed by atoms with E-state index < -0.39 is 11.9 Å². The van der Waals surface area contributed by atoms with Gasteiger partial charge < -0.3 is 15.5 Å². The number of hydrogen-bond donors (Lipinski definition) is 3. The Hall–Kier alpha value is -2.04. The van der Waals surface area contributed by atoms with Crippen molar-refractivity contribution in [1.82, 2.24) is 0 Å². The molecule has 0 unspecified atom stereocenters. The fourth-order valence-electron chi connectivity index (χ4n) is 1.35. The number of carboxylic acid groups (broad SMARTS) is 2. The highest BCUT2D eigenvalue weighted by Crippen LogP contribution is 2.11. The third-order valence-electron chi connectivity index (χ3n) is 2.25. The summed E-state index contributed by atoms with van der Waals surface area (Å²) in [6.45, 7) is 0.379. The number of rotatable bonds is 7. The van der Waals surface area contributed by atoms with Gasteiger partial charge in [-0.2, -0.15) is 0 Å². The number of aryl methyl sites for hydroxylation is 1. The normalized spacial score (nSPS) is 9.88. The molecule has 5 heteroatoms. The molecule has 0 aliphatic heterocycles. The summed E-state index contributed by atoms with van der Waals surface area (Å²) >= 11 is 0. The van der Waals surface area contributed by atoms with Gasteiger partial charge in [0.05, 0.1) is 6.42 Å². The molecule has 0 aliphatic carbocycles. The van der Waals surface area contributed by atoms with Crippen molar-refractivity contribution in [2.45, 2.75) is 19.3 Å². The predicted molar refractivity (Wildman–Crippen MR) is 63.1 cm³/mol. The van der Waals surface area contributed by atoms with Gasteiger partial charge in [-0.1, -0.05) is 12.1 Å². The minimum absolute atomic E-state index is 0.0702. The van der Waals surface area contributed by atoms with Crippen LogP contribution in [0.1, 0.15) is 18.4 Å². The molecule has 3 N–H and O–H groups in total. The third kappa shape index (κ3) is 5.55. The van der Waals surface area contributed by atoms with Crippen LogP contribution in [-0.2, 0) is 16.0 Å². The van der Waals surface area contributed by atoms with E-state index in [9.17, 15) is 9.59 Å². The summed E-state index contributed by atoms with van der Waals surface area (Å²) < 4.78 is 0. The van der Waals surface area contributed by atoms with Crippen molar-refractivity contribution < 1.29 is 19.8 Å². The van der Waals surface area contributed by atoms with E-state index in [0.717, 1.165) is 11.3 Å². The van der Waals surface area contributed by atoms with Gasteiger partial charge in [0.25, 0.3) is 0 Å². The zero-order chi connectivity index (χ0) is 12.7. The first-order valence-corrected chi connectivity index (χ1v) is 5.34. The van der Waals surface area contributed by atoms with Crippen LogP contribution in [-0.4, -0.2) is 28.7 Å². The van der Waals surface area contributed by atoms with Gasteiger partial charge in [0.2, 0.25) is 0 Å². The fourth-order valence-corrected chi connectivity index (χ4v) is 1.35. The molecular formula is C12H15NO4. The lowest BCUT2D eigenvalue weighted by atomic mass is 10.1. The molecule has 0 saturated heterocycles. The van der Waals surface area contributed by atoms with Crippen LogP contribution in [0, 0.1) is 0 Å². The van der Waals surface area contributed by atoms with Crippen molar-refractivity contribution >= 4 is 17.6 Å². The lowest BCUT2D eigenvalue weighted by Gasteiger charge is -2.05. The molecule has 0 amide bonds. The second-order valence-corrected chi connectivity index (χ2v) is 3.66. The lowest BCUT2D eigenvalue weighted by Crippen LogP contribution is -2.07. The number of hydrogen-bond acceptors (Lipinski definition) is 3. The Labute approximate surface area is 99.1 Å². The van der Waals surface area contributed by atoms with Crippen LogP contribution in [0.4, 0.5) is 5.69 Å². The molecule has 1 aromatic rings. The van der Waals surface area contributed by atoms with Crippen LogP contribution in [0.5, 0.6) is 0 Å². The van der Waals surface area contributed by atoms with Crippen molar-refractivity contribution in [3.8, 4) is 0 Å². The van der Waals surface area contributed by atoms with Gasteiger partial charge >= 0.3 is 11.9 Å². The molecular weight excluding hydrogens is 222 g/mol. The van der Waals surface area contributed by atoms with Gasteiger partial charge in [-0.15, -0.1) is 0 Å². The van der Waals surface area contributed by atoms with Crippen LogP contribution in [0.3, 0.4) is 0 Å². The Balaban J connectivity index is 2.39. The van der Waals surface area contributed by atoms with Gasteiger partial charge in [-0.3, -0.25) is 9.59 Å². The Morgan fingerprint density at radius 1 is 1.00 bits per heavy atom. The number of carbonyl (C=O) groups is 2. The van der Waals surface area contributed by atoms with Crippen LogP contribution < -0.4 is 5.32 Å². The van der Waals surface area contributed by atoms with E-state index in [1.807, 2.05) is 24.3 Å². The molecule has 1 aromatic carbocycles. The number of aliphatic carboxylic acids is 2. The zero-order valence-electron chi connectivity index (χ0n) is 9.35. The van der Waals surface area contributed by atoms with Crippen molar-refractivity contribution in [2.24, 2.45) is 0 Å². The maximum atomic E-state index is 10.4. The van der Waals surface area contributed by atoms with Gasteiger partial charge in [0.15, 0.2) is 0 Å². The van der Waals surface area contributed by atoms with Crippen LogP contribution in [0.25, 0.3) is 0 Å². The van der Waals surface area contributed by atoms with E-state index in [1.165, 1.54) is 0 Å². The summed E-state index contributed by atoms with van der Waals surface area (Å²) in [6, 6.07) is 7.32. The van der Waals surface area contributed by atoms with E-state index in [4.69, 9.17) is 10.2 Å². The molecule has 0 radical (unpaired) electrons. The zero-order valence-corrected chi connectivity index (χ0v) is 9.35. The summed E-state index contributed by atoms with van der Waals surface area (Å²) in [7, 11) is 0. The highest BCUT2D eigenvalue weighted by atomic mass is 16.4. The van der Waals surface area contributed by atoms with Gasteiger partial charge in [0, 0.05) is 18.7 Å². The summed E-state index contributed by atoms with van der Waals surface area (Å²) in [5.74, 6) is -1.65. The van der Waals surface area contributed by atoms with Crippen LogP contribution in [0.2, 0.25) is 0 Å². The number of anilines is 1. The molecule has 0 bridgehead atoms. The fraction of sp³-hybridized carbons (Fsp3) is 0.333. The van der Waals surface area contributed by atoms with Crippen LogP contribution >= 0.6 is 0 Å². The standard InChI is InChI=1S/C12H15NO4/c14-11(15)6-3-9-1-4-10(5-2-9)13-8-7-12(16)17/h1-2,4-5,13H,3,6-8H2,(H,14,15)(H,16,17). The minimum atomic E-state index is -0.837. The maximum absolute atomic E-state index is 10.4. The average molecular weight is 237 g/mol. The van der Waals surface area contributed by atoms with Gasteiger partial charge in [0.1, 0.15) is 0 Å². The van der Waals surface area contributed by atoms with Crippen molar-refractivity contribution in [3.05, 3.63) is 29.8 Å². The molecule has 0 heterocycles. The molecule has 1 rings (SSSR count). The molecule has 0 aromatic heterocycles. The first kappa shape index (κ1) is 13.0. The van der Waals surface area contributed by atoms with E-state index in [-0.39, 0.29) is 12.8 Å². The van der Waals surface area contributed by atoms with E-state index in [0.29, 0.717) is 13.0 Å². The van der Waals surface area contributed by atoms with Gasteiger partial charge in [-0.25, -0.2) is 0 Å². The number of nitrogens with one attached hydrogen (secondary N) is 1. The largest absolute Gasteiger partial charge is 0.481 e. The monoisotopic (exact) mass is 237 g/mol. The van der Waals surface area contributed by atoms with E-state index in [2.05, 4.69) is 5.32 Å². The summed E-state index contributed by atoms with van der Waals surface area (Å²) in [6.07, 6.45) is 0.692. The topological polar surface area (TPSA) is 86.6 Å². The number of benzene rings is 1. The third-order valence-corrected chi connectivity index (χ3v) is 2.25. The second-order valence-electron chi connectivity index (χ2n) is 3.66.